The molecule has 0 N–H and O–H groups in total. The molecule has 0 fully saturated rings. The molecule has 0 aliphatic rings. The molecule has 0 saturated carbocycles. The van der Waals surface area contributed by atoms with E-state index in [1.54, 1.807) is 24.1 Å². The van der Waals surface area contributed by atoms with Crippen LogP contribution in [0.1, 0.15) is 0 Å². The SMILES string of the molecule is CN(c1cc(F)cc(Br)c1)c1nc2nnnn2c2ccc(F)cc12. The van der Waals surface area contributed by atoms with Crippen LogP contribution in [0.15, 0.2) is 40.9 Å². The predicted octanol–water partition coefficient (Wildman–Crippen LogP) is 3.48. The van der Waals surface area contributed by atoms with E-state index in [9.17, 15) is 8.78 Å². The molecule has 2 aromatic carbocycles. The Balaban J connectivity index is 2.01. The zero-order chi connectivity index (χ0) is 16.8. The highest BCUT2D eigenvalue weighted by Crippen LogP contribution is 2.31. The van der Waals surface area contributed by atoms with Crippen LogP contribution in [0.4, 0.5) is 20.3 Å². The molecule has 0 atom stereocenters. The van der Waals surface area contributed by atoms with Crippen LogP contribution in [0.25, 0.3) is 16.7 Å². The summed E-state index contributed by atoms with van der Waals surface area (Å²) in [4.78, 5) is 6.05. The molecule has 0 spiro atoms. The lowest BCUT2D eigenvalue weighted by atomic mass is 10.2. The van der Waals surface area contributed by atoms with Crippen LogP contribution in [0, 0.1) is 11.6 Å². The van der Waals surface area contributed by atoms with Gasteiger partial charge in [0.15, 0.2) is 0 Å². The van der Waals surface area contributed by atoms with Gasteiger partial charge in [-0.1, -0.05) is 21.0 Å². The summed E-state index contributed by atoms with van der Waals surface area (Å²) >= 11 is 3.27. The number of anilines is 2. The van der Waals surface area contributed by atoms with Crippen molar-refractivity contribution in [3.8, 4) is 0 Å². The van der Waals surface area contributed by atoms with Gasteiger partial charge in [0.1, 0.15) is 17.5 Å². The van der Waals surface area contributed by atoms with E-state index < -0.39 is 11.6 Å². The molecule has 9 heteroatoms. The summed E-state index contributed by atoms with van der Waals surface area (Å²) in [5.41, 5.74) is 1.15. The van der Waals surface area contributed by atoms with Gasteiger partial charge in [0, 0.05) is 22.6 Å². The van der Waals surface area contributed by atoms with Gasteiger partial charge in [0.2, 0.25) is 0 Å². The monoisotopic (exact) mass is 390 g/mol. The quantitative estimate of drug-likeness (QED) is 0.524. The van der Waals surface area contributed by atoms with Crippen molar-refractivity contribution >= 4 is 44.1 Å². The molecule has 2 heterocycles. The molecule has 0 aliphatic heterocycles. The number of tetrazole rings is 1. The maximum Gasteiger partial charge on any atom is 0.275 e. The molecule has 0 unspecified atom stereocenters. The molecular formula is C15H9BrF2N6. The molecule has 0 saturated heterocycles. The molecule has 120 valence electrons. The van der Waals surface area contributed by atoms with Gasteiger partial charge in [-0.25, -0.2) is 8.78 Å². The number of fused-ring (bicyclic) bond motifs is 3. The van der Waals surface area contributed by atoms with Crippen LogP contribution in [-0.2, 0) is 0 Å². The van der Waals surface area contributed by atoms with E-state index in [0.717, 1.165) is 0 Å². The van der Waals surface area contributed by atoms with Gasteiger partial charge >= 0.3 is 0 Å². The minimum absolute atomic E-state index is 0.270. The standard InChI is InChI=1S/C15H9BrF2N6/c1-23(11-5-8(16)4-10(18)6-11)14-12-7-9(17)2-3-13(12)24-15(19-14)20-21-22-24/h2-7H,1H3. The lowest BCUT2D eigenvalue weighted by Crippen LogP contribution is -2.13. The van der Waals surface area contributed by atoms with Crippen molar-refractivity contribution in [1.29, 1.82) is 0 Å². The van der Waals surface area contributed by atoms with Gasteiger partial charge in [-0.3, -0.25) is 0 Å². The zero-order valence-corrected chi connectivity index (χ0v) is 13.9. The average Bonchev–Trinajstić information content (AvgIpc) is 3.00. The van der Waals surface area contributed by atoms with Crippen LogP contribution in [0.3, 0.4) is 0 Å². The third-order valence-electron chi connectivity index (χ3n) is 3.64. The van der Waals surface area contributed by atoms with Crippen molar-refractivity contribution in [2.75, 3.05) is 11.9 Å². The fraction of sp³-hybridized carbons (Fsp3) is 0.0667. The molecule has 0 bridgehead atoms. The molecule has 2 aromatic heterocycles. The van der Waals surface area contributed by atoms with E-state index in [1.807, 2.05) is 0 Å². The van der Waals surface area contributed by atoms with Crippen LogP contribution < -0.4 is 4.90 Å². The summed E-state index contributed by atoms with van der Waals surface area (Å²) in [6, 6.07) is 8.71. The van der Waals surface area contributed by atoms with Gasteiger partial charge in [-0.2, -0.15) is 9.50 Å². The third-order valence-corrected chi connectivity index (χ3v) is 4.10. The van der Waals surface area contributed by atoms with Crippen molar-refractivity contribution in [1.82, 2.24) is 25.0 Å². The first kappa shape index (κ1) is 14.9. The summed E-state index contributed by atoms with van der Waals surface area (Å²) in [6.07, 6.45) is 0. The average molecular weight is 391 g/mol. The Kier molecular flexibility index (Phi) is 3.38. The van der Waals surface area contributed by atoms with Crippen LogP contribution >= 0.6 is 15.9 Å². The molecule has 0 aliphatic carbocycles. The fourth-order valence-corrected chi connectivity index (χ4v) is 3.00. The second-order valence-corrected chi connectivity index (χ2v) is 6.09. The van der Waals surface area contributed by atoms with E-state index in [2.05, 4.69) is 36.4 Å². The van der Waals surface area contributed by atoms with Crippen LogP contribution in [-0.4, -0.2) is 32.1 Å². The van der Waals surface area contributed by atoms with E-state index in [0.29, 0.717) is 26.9 Å². The molecule has 4 aromatic rings. The number of benzene rings is 2. The lowest BCUT2D eigenvalue weighted by molar-refractivity contribution is 0.626. The molecule has 24 heavy (non-hydrogen) atoms. The Bertz CT molecular complexity index is 1060. The van der Waals surface area contributed by atoms with Gasteiger partial charge in [-0.15, -0.1) is 0 Å². The topological polar surface area (TPSA) is 59.2 Å². The first-order chi connectivity index (χ1) is 11.5. The molecule has 6 nitrogen and oxygen atoms in total. The van der Waals surface area contributed by atoms with Crippen molar-refractivity contribution in [2.45, 2.75) is 0 Å². The number of rotatable bonds is 2. The Morgan fingerprint density at radius 3 is 2.71 bits per heavy atom. The molecular weight excluding hydrogens is 382 g/mol. The second-order valence-electron chi connectivity index (χ2n) is 5.17. The largest absolute Gasteiger partial charge is 0.329 e. The van der Waals surface area contributed by atoms with Gasteiger partial charge in [0.25, 0.3) is 5.78 Å². The van der Waals surface area contributed by atoms with Crippen LogP contribution in [0.5, 0.6) is 0 Å². The van der Waals surface area contributed by atoms with Crippen LogP contribution in [0.2, 0.25) is 0 Å². The molecule has 0 radical (unpaired) electrons. The number of hydrogen-bond acceptors (Lipinski definition) is 5. The number of aromatic nitrogens is 5. The van der Waals surface area contributed by atoms with Crippen molar-refractivity contribution < 1.29 is 8.78 Å². The van der Waals surface area contributed by atoms with Crippen molar-refractivity contribution in [2.24, 2.45) is 0 Å². The highest BCUT2D eigenvalue weighted by Gasteiger charge is 2.16. The Labute approximate surface area is 142 Å². The predicted molar refractivity (Wildman–Crippen MR) is 88.2 cm³/mol. The minimum Gasteiger partial charge on any atom is -0.329 e. The maximum atomic E-state index is 13.8. The van der Waals surface area contributed by atoms with Gasteiger partial charge in [0.05, 0.1) is 5.52 Å². The Hall–Kier alpha value is -2.68. The van der Waals surface area contributed by atoms with Crippen molar-refractivity contribution in [3.63, 3.8) is 0 Å². The highest BCUT2D eigenvalue weighted by molar-refractivity contribution is 9.10. The summed E-state index contributed by atoms with van der Waals surface area (Å²) in [6.45, 7) is 0. The number of nitrogens with zero attached hydrogens (tertiary/aromatic N) is 6. The number of hydrogen-bond donors (Lipinski definition) is 0. The second kappa shape index (κ2) is 5.45. The molecule has 4 rings (SSSR count). The smallest absolute Gasteiger partial charge is 0.275 e. The Morgan fingerprint density at radius 2 is 1.92 bits per heavy atom. The normalized spacial score (nSPS) is 11.3. The van der Waals surface area contributed by atoms with Crippen molar-refractivity contribution in [3.05, 3.63) is 52.5 Å². The summed E-state index contributed by atoms with van der Waals surface area (Å²) < 4.78 is 29.5. The third kappa shape index (κ3) is 2.37. The van der Waals surface area contributed by atoms with E-state index in [1.165, 1.54) is 28.8 Å². The summed E-state index contributed by atoms with van der Waals surface area (Å²) in [5, 5.41) is 11.8. The first-order valence-corrected chi connectivity index (χ1v) is 7.69. The van der Waals surface area contributed by atoms with Gasteiger partial charge < -0.3 is 4.90 Å². The van der Waals surface area contributed by atoms with E-state index in [-0.39, 0.29) is 5.78 Å². The van der Waals surface area contributed by atoms with E-state index >= 15 is 0 Å². The first-order valence-electron chi connectivity index (χ1n) is 6.90. The number of halogens is 3. The van der Waals surface area contributed by atoms with E-state index in [4.69, 9.17) is 0 Å². The summed E-state index contributed by atoms with van der Waals surface area (Å²) in [5.74, 6) is -0.116. The Morgan fingerprint density at radius 1 is 1.08 bits per heavy atom. The van der Waals surface area contributed by atoms with Gasteiger partial charge in [-0.05, 0) is 46.8 Å². The highest BCUT2D eigenvalue weighted by atomic mass is 79.9. The minimum atomic E-state index is -0.410. The molecule has 0 amide bonds. The summed E-state index contributed by atoms with van der Waals surface area (Å²) in [7, 11) is 1.72. The zero-order valence-electron chi connectivity index (χ0n) is 12.3. The maximum absolute atomic E-state index is 13.8. The lowest BCUT2D eigenvalue weighted by Gasteiger charge is -2.20. The fourth-order valence-electron chi connectivity index (χ4n) is 2.55.